The molecule has 0 saturated carbocycles. The number of thiocarbonyl (C=S) groups is 1. The quantitative estimate of drug-likeness (QED) is 0.459. The Labute approximate surface area is 90.0 Å². The van der Waals surface area contributed by atoms with Gasteiger partial charge in [-0.25, -0.2) is 4.98 Å². The molecule has 1 aromatic heterocycles. The van der Waals surface area contributed by atoms with Crippen molar-refractivity contribution in [3.63, 3.8) is 0 Å². The van der Waals surface area contributed by atoms with Crippen molar-refractivity contribution in [3.05, 3.63) is 15.5 Å². The number of hydrazone groups is 1. The predicted octanol–water partition coefficient (Wildman–Crippen LogP) is 1.22. The smallest absolute Gasteiger partial charge is 0.186 e. The molecule has 70 valence electrons. The van der Waals surface area contributed by atoms with Gasteiger partial charge < -0.3 is 5.32 Å². The highest BCUT2D eigenvalue weighted by Crippen LogP contribution is 2.16. The summed E-state index contributed by atoms with van der Waals surface area (Å²) in [6.07, 6.45) is 3.13. The molecule has 1 rings (SSSR count). The molecule has 0 fully saturated rings. The zero-order valence-corrected chi connectivity index (χ0v) is 9.13. The van der Waals surface area contributed by atoms with E-state index in [2.05, 4.69) is 20.8 Å². The Balaban J connectivity index is 2.45. The van der Waals surface area contributed by atoms with Crippen molar-refractivity contribution in [2.45, 2.75) is 0 Å². The van der Waals surface area contributed by atoms with E-state index in [-0.39, 0.29) is 0 Å². The molecule has 0 aromatic carbocycles. The van der Waals surface area contributed by atoms with Gasteiger partial charge in [-0.3, -0.25) is 5.43 Å². The second kappa shape index (κ2) is 5.11. The zero-order chi connectivity index (χ0) is 9.68. The van der Waals surface area contributed by atoms with Gasteiger partial charge in [-0.15, -0.1) is 11.3 Å². The summed E-state index contributed by atoms with van der Waals surface area (Å²) in [5.74, 6) is 0. The van der Waals surface area contributed by atoms with Crippen LogP contribution in [0.4, 0.5) is 0 Å². The second-order valence-corrected chi connectivity index (χ2v) is 4.05. The van der Waals surface area contributed by atoms with Gasteiger partial charge in [-0.05, 0) is 12.2 Å². The third kappa shape index (κ3) is 3.67. The number of rotatable bonds is 2. The molecule has 0 amide bonds. The van der Waals surface area contributed by atoms with E-state index in [4.69, 9.17) is 23.8 Å². The topological polar surface area (TPSA) is 49.3 Å². The maximum absolute atomic E-state index is 5.66. The Morgan fingerprint density at radius 1 is 1.85 bits per heavy atom. The minimum absolute atomic E-state index is 0.457. The van der Waals surface area contributed by atoms with Crippen LogP contribution in [0.2, 0.25) is 4.34 Å². The van der Waals surface area contributed by atoms with E-state index in [0.717, 1.165) is 5.01 Å². The number of thiazole rings is 1. The highest BCUT2D eigenvalue weighted by atomic mass is 35.5. The molecule has 0 aliphatic rings. The molecule has 0 bridgehead atoms. The predicted molar refractivity (Wildman–Crippen MR) is 59.5 cm³/mol. The number of nitrogens with zero attached hydrogens (tertiary/aromatic N) is 2. The van der Waals surface area contributed by atoms with Gasteiger partial charge in [-0.1, -0.05) is 11.6 Å². The molecule has 1 heterocycles. The average Bonchev–Trinajstić information content (AvgIpc) is 2.51. The summed E-state index contributed by atoms with van der Waals surface area (Å²) in [5, 5.41) is 7.75. The Morgan fingerprint density at radius 2 is 2.62 bits per heavy atom. The molecule has 0 radical (unpaired) electrons. The normalized spacial score (nSPS) is 10.3. The SMILES string of the molecule is CNC(=S)N/N=C/c1ncc(Cl)s1. The molecule has 1 aromatic rings. The monoisotopic (exact) mass is 234 g/mol. The molecular weight excluding hydrogens is 228 g/mol. The maximum Gasteiger partial charge on any atom is 0.186 e. The molecular formula is C6H7ClN4S2. The highest BCUT2D eigenvalue weighted by Gasteiger charge is 1.94. The molecule has 0 atom stereocenters. The first kappa shape index (κ1) is 10.4. The van der Waals surface area contributed by atoms with Crippen LogP contribution in [-0.2, 0) is 0 Å². The molecule has 0 unspecified atom stereocenters. The summed E-state index contributed by atoms with van der Waals surface area (Å²) in [6, 6.07) is 0. The lowest BCUT2D eigenvalue weighted by molar-refractivity contribution is 0.981. The summed E-state index contributed by atoms with van der Waals surface area (Å²) < 4.78 is 0.637. The van der Waals surface area contributed by atoms with E-state index >= 15 is 0 Å². The third-order valence-corrected chi connectivity index (χ3v) is 2.41. The van der Waals surface area contributed by atoms with Crippen molar-refractivity contribution < 1.29 is 0 Å². The maximum atomic E-state index is 5.66. The van der Waals surface area contributed by atoms with Gasteiger partial charge >= 0.3 is 0 Å². The van der Waals surface area contributed by atoms with Crippen LogP contribution in [0.3, 0.4) is 0 Å². The number of hydrogen-bond acceptors (Lipinski definition) is 4. The molecule has 13 heavy (non-hydrogen) atoms. The van der Waals surface area contributed by atoms with Crippen LogP contribution in [0.15, 0.2) is 11.3 Å². The number of halogens is 1. The second-order valence-electron chi connectivity index (χ2n) is 1.95. The lowest BCUT2D eigenvalue weighted by Crippen LogP contribution is -2.28. The minimum Gasteiger partial charge on any atom is -0.364 e. The van der Waals surface area contributed by atoms with Gasteiger partial charge in [0.15, 0.2) is 5.11 Å². The Hall–Kier alpha value is -0.720. The van der Waals surface area contributed by atoms with Gasteiger partial charge in [0, 0.05) is 7.05 Å². The molecule has 0 aliphatic carbocycles. The van der Waals surface area contributed by atoms with Crippen molar-refractivity contribution in [2.75, 3.05) is 7.05 Å². The first-order chi connectivity index (χ1) is 6.22. The fourth-order valence-electron chi connectivity index (χ4n) is 0.529. The van der Waals surface area contributed by atoms with Crippen LogP contribution in [-0.4, -0.2) is 23.4 Å². The van der Waals surface area contributed by atoms with Gasteiger partial charge in [0.25, 0.3) is 0 Å². The summed E-state index contributed by atoms with van der Waals surface area (Å²) in [4.78, 5) is 3.97. The van der Waals surface area contributed by atoms with Gasteiger partial charge in [0.2, 0.25) is 0 Å². The number of hydrogen-bond donors (Lipinski definition) is 2. The number of aromatic nitrogens is 1. The van der Waals surface area contributed by atoms with Crippen LogP contribution in [0, 0.1) is 0 Å². The molecule has 0 saturated heterocycles. The molecule has 4 nitrogen and oxygen atoms in total. The van der Waals surface area contributed by atoms with Crippen molar-refractivity contribution in [1.82, 2.24) is 15.7 Å². The van der Waals surface area contributed by atoms with Gasteiger partial charge in [0.05, 0.1) is 12.4 Å². The average molecular weight is 235 g/mol. The fourth-order valence-corrected chi connectivity index (χ4v) is 1.38. The highest BCUT2D eigenvalue weighted by molar-refractivity contribution is 7.80. The van der Waals surface area contributed by atoms with E-state index in [1.54, 1.807) is 19.5 Å². The molecule has 0 aliphatic heterocycles. The van der Waals surface area contributed by atoms with Crippen LogP contribution < -0.4 is 10.7 Å². The lowest BCUT2D eigenvalue weighted by atomic mass is 10.8. The summed E-state index contributed by atoms with van der Waals surface area (Å²) in [5.41, 5.74) is 2.60. The van der Waals surface area contributed by atoms with Gasteiger partial charge in [0.1, 0.15) is 9.34 Å². The molecule has 7 heteroatoms. The lowest BCUT2D eigenvalue weighted by Gasteiger charge is -1.97. The standard InChI is InChI=1S/C6H7ClN4S2/c1-8-6(12)11-10-3-5-9-2-4(7)13-5/h2-3H,1H3,(H2,8,11,12)/b10-3+. The Morgan fingerprint density at radius 3 is 3.15 bits per heavy atom. The van der Waals surface area contributed by atoms with Crippen LogP contribution in [0.5, 0.6) is 0 Å². The molecule has 2 N–H and O–H groups in total. The van der Waals surface area contributed by atoms with E-state index in [1.165, 1.54) is 11.3 Å². The van der Waals surface area contributed by atoms with Crippen LogP contribution in [0.1, 0.15) is 5.01 Å². The van der Waals surface area contributed by atoms with E-state index in [0.29, 0.717) is 9.45 Å². The largest absolute Gasteiger partial charge is 0.364 e. The molecule has 0 spiro atoms. The Kier molecular flexibility index (Phi) is 4.07. The summed E-state index contributed by atoms with van der Waals surface area (Å²) in [7, 11) is 1.71. The fraction of sp³-hybridized carbons (Fsp3) is 0.167. The van der Waals surface area contributed by atoms with Crippen LogP contribution >= 0.6 is 35.2 Å². The Bertz CT molecular complexity index is 322. The van der Waals surface area contributed by atoms with Crippen molar-refractivity contribution in [1.29, 1.82) is 0 Å². The first-order valence-corrected chi connectivity index (χ1v) is 4.95. The first-order valence-electron chi connectivity index (χ1n) is 3.34. The van der Waals surface area contributed by atoms with E-state index in [9.17, 15) is 0 Å². The number of nitrogens with one attached hydrogen (secondary N) is 2. The minimum atomic E-state index is 0.457. The van der Waals surface area contributed by atoms with Crippen LogP contribution in [0.25, 0.3) is 0 Å². The van der Waals surface area contributed by atoms with E-state index in [1.807, 2.05) is 0 Å². The van der Waals surface area contributed by atoms with Crippen molar-refractivity contribution >= 4 is 46.5 Å². The van der Waals surface area contributed by atoms with E-state index < -0.39 is 0 Å². The van der Waals surface area contributed by atoms with Gasteiger partial charge in [-0.2, -0.15) is 5.10 Å². The zero-order valence-electron chi connectivity index (χ0n) is 6.74. The van der Waals surface area contributed by atoms with Crippen molar-refractivity contribution in [3.8, 4) is 0 Å². The third-order valence-electron chi connectivity index (χ3n) is 1.06. The van der Waals surface area contributed by atoms with Crippen molar-refractivity contribution in [2.24, 2.45) is 5.10 Å². The summed E-state index contributed by atoms with van der Waals surface area (Å²) in [6.45, 7) is 0. The summed E-state index contributed by atoms with van der Waals surface area (Å²) >= 11 is 11.8.